The van der Waals surface area contributed by atoms with E-state index in [1.807, 2.05) is 13.8 Å². The molecule has 1 aromatic rings. The topological polar surface area (TPSA) is 67.9 Å². The number of urea groups is 1. The standard InChI is InChI=1S/C13H16N2O4/c1-3-18-9-5-6-11(19-4-2)10(7-9)15-8-12(16)14-13(15)17/h5-7H,3-4,8H2,1-2H3,(H,14,16,17). The van der Waals surface area contributed by atoms with Crippen LogP contribution >= 0.6 is 0 Å². The van der Waals surface area contributed by atoms with Gasteiger partial charge < -0.3 is 9.47 Å². The molecule has 1 N–H and O–H groups in total. The normalized spacial score (nSPS) is 14.5. The summed E-state index contributed by atoms with van der Waals surface area (Å²) in [5, 5.41) is 2.24. The van der Waals surface area contributed by atoms with Crippen molar-refractivity contribution in [1.29, 1.82) is 0 Å². The first-order valence-corrected chi connectivity index (χ1v) is 6.16. The largest absolute Gasteiger partial charge is 0.494 e. The number of nitrogens with one attached hydrogen (secondary N) is 1. The molecule has 19 heavy (non-hydrogen) atoms. The SMILES string of the molecule is CCOc1ccc(OCC)c(N2CC(=O)NC2=O)c1. The van der Waals surface area contributed by atoms with Crippen LogP contribution in [0.25, 0.3) is 0 Å². The number of hydrogen-bond donors (Lipinski definition) is 1. The van der Waals surface area contributed by atoms with Crippen LogP contribution in [0.4, 0.5) is 10.5 Å². The highest BCUT2D eigenvalue weighted by molar-refractivity contribution is 6.12. The molecule has 102 valence electrons. The number of carbonyl (C=O) groups is 2. The minimum absolute atomic E-state index is 0.00547. The summed E-state index contributed by atoms with van der Waals surface area (Å²) >= 11 is 0. The van der Waals surface area contributed by atoms with Gasteiger partial charge in [0, 0.05) is 6.07 Å². The lowest BCUT2D eigenvalue weighted by atomic mass is 10.2. The third kappa shape index (κ3) is 2.78. The van der Waals surface area contributed by atoms with Crippen molar-refractivity contribution in [2.75, 3.05) is 24.7 Å². The number of carbonyl (C=O) groups excluding carboxylic acids is 2. The van der Waals surface area contributed by atoms with Gasteiger partial charge in [0.2, 0.25) is 5.91 Å². The van der Waals surface area contributed by atoms with Crippen molar-refractivity contribution in [3.8, 4) is 11.5 Å². The summed E-state index contributed by atoms with van der Waals surface area (Å²) in [4.78, 5) is 24.3. The van der Waals surface area contributed by atoms with Crippen molar-refractivity contribution in [1.82, 2.24) is 5.32 Å². The summed E-state index contributed by atoms with van der Waals surface area (Å²) in [5.74, 6) is 0.859. The minimum atomic E-state index is -0.445. The Morgan fingerprint density at radius 3 is 2.53 bits per heavy atom. The van der Waals surface area contributed by atoms with E-state index in [1.165, 1.54) is 4.90 Å². The van der Waals surface area contributed by atoms with Crippen molar-refractivity contribution < 1.29 is 19.1 Å². The summed E-state index contributed by atoms with van der Waals surface area (Å²) in [5.41, 5.74) is 0.538. The first kappa shape index (κ1) is 13.2. The number of ether oxygens (including phenoxy) is 2. The van der Waals surface area contributed by atoms with Gasteiger partial charge in [0.15, 0.2) is 0 Å². The zero-order valence-electron chi connectivity index (χ0n) is 10.9. The van der Waals surface area contributed by atoms with Gasteiger partial charge in [-0.1, -0.05) is 0 Å². The fraction of sp³-hybridized carbons (Fsp3) is 0.385. The number of rotatable bonds is 5. The number of nitrogens with zero attached hydrogens (tertiary/aromatic N) is 1. The molecule has 1 aliphatic heterocycles. The first-order valence-electron chi connectivity index (χ1n) is 6.16. The molecule has 6 nitrogen and oxygen atoms in total. The molecule has 1 heterocycles. The number of imide groups is 1. The molecule has 3 amide bonds. The van der Waals surface area contributed by atoms with Crippen LogP contribution < -0.4 is 19.7 Å². The highest BCUT2D eigenvalue weighted by atomic mass is 16.5. The number of hydrogen-bond acceptors (Lipinski definition) is 4. The van der Waals surface area contributed by atoms with Crippen LogP contribution in [-0.2, 0) is 4.79 Å². The van der Waals surface area contributed by atoms with Gasteiger partial charge in [-0.05, 0) is 26.0 Å². The molecule has 0 unspecified atom stereocenters. The monoisotopic (exact) mass is 264 g/mol. The molecule has 0 bridgehead atoms. The van der Waals surface area contributed by atoms with Gasteiger partial charge in [0.1, 0.15) is 18.0 Å². The molecule has 1 aliphatic rings. The van der Waals surface area contributed by atoms with Crippen LogP contribution in [0.2, 0.25) is 0 Å². The molecular weight excluding hydrogens is 248 g/mol. The molecular formula is C13H16N2O4. The van der Waals surface area contributed by atoms with Gasteiger partial charge >= 0.3 is 6.03 Å². The quantitative estimate of drug-likeness (QED) is 0.819. The van der Waals surface area contributed by atoms with E-state index in [1.54, 1.807) is 18.2 Å². The van der Waals surface area contributed by atoms with Gasteiger partial charge in [-0.15, -0.1) is 0 Å². The van der Waals surface area contributed by atoms with Crippen molar-refractivity contribution in [2.24, 2.45) is 0 Å². The Kier molecular flexibility index (Phi) is 3.89. The van der Waals surface area contributed by atoms with E-state index in [9.17, 15) is 9.59 Å². The molecule has 0 atom stereocenters. The van der Waals surface area contributed by atoms with Crippen molar-refractivity contribution in [2.45, 2.75) is 13.8 Å². The number of amides is 3. The fourth-order valence-corrected chi connectivity index (χ4v) is 1.88. The highest BCUT2D eigenvalue weighted by Crippen LogP contribution is 2.33. The zero-order valence-corrected chi connectivity index (χ0v) is 10.9. The summed E-state index contributed by atoms with van der Waals surface area (Å²) < 4.78 is 10.9. The highest BCUT2D eigenvalue weighted by Gasteiger charge is 2.30. The van der Waals surface area contributed by atoms with E-state index in [-0.39, 0.29) is 12.5 Å². The Hall–Kier alpha value is -2.24. The maximum absolute atomic E-state index is 11.7. The van der Waals surface area contributed by atoms with Crippen molar-refractivity contribution in [3.05, 3.63) is 18.2 Å². The van der Waals surface area contributed by atoms with E-state index in [4.69, 9.17) is 9.47 Å². The molecule has 1 fully saturated rings. The Balaban J connectivity index is 2.36. The number of anilines is 1. The molecule has 0 spiro atoms. The predicted molar refractivity (Wildman–Crippen MR) is 69.7 cm³/mol. The lowest BCUT2D eigenvalue weighted by Gasteiger charge is -2.18. The third-order valence-electron chi connectivity index (χ3n) is 2.63. The summed E-state index contributed by atoms with van der Waals surface area (Å²) in [7, 11) is 0. The molecule has 6 heteroatoms. The Morgan fingerprint density at radius 1 is 1.21 bits per heavy atom. The minimum Gasteiger partial charge on any atom is -0.494 e. The lowest BCUT2D eigenvalue weighted by Crippen LogP contribution is -2.28. The van der Waals surface area contributed by atoms with Crippen LogP contribution in [0.5, 0.6) is 11.5 Å². The maximum atomic E-state index is 11.7. The van der Waals surface area contributed by atoms with Gasteiger partial charge in [0.05, 0.1) is 18.9 Å². The van der Waals surface area contributed by atoms with Crippen LogP contribution in [0, 0.1) is 0 Å². The second kappa shape index (κ2) is 5.60. The van der Waals surface area contributed by atoms with Crippen LogP contribution in [-0.4, -0.2) is 31.7 Å². The van der Waals surface area contributed by atoms with E-state index in [0.717, 1.165) is 0 Å². The molecule has 1 saturated heterocycles. The number of benzene rings is 1. The average Bonchev–Trinajstić information content (AvgIpc) is 2.71. The lowest BCUT2D eigenvalue weighted by molar-refractivity contribution is -0.117. The second-order valence-corrected chi connectivity index (χ2v) is 3.94. The first-order chi connectivity index (χ1) is 9.15. The van der Waals surface area contributed by atoms with E-state index in [2.05, 4.69) is 5.32 Å². The Labute approximate surface area is 111 Å². The Bertz CT molecular complexity index is 501. The van der Waals surface area contributed by atoms with Gasteiger partial charge in [0.25, 0.3) is 0 Å². The smallest absolute Gasteiger partial charge is 0.329 e. The summed E-state index contributed by atoms with van der Waals surface area (Å²) in [6.45, 7) is 4.73. The molecule has 0 radical (unpaired) electrons. The van der Waals surface area contributed by atoms with Crippen LogP contribution in [0.1, 0.15) is 13.8 Å². The molecule has 1 aromatic carbocycles. The van der Waals surface area contributed by atoms with E-state index < -0.39 is 6.03 Å². The van der Waals surface area contributed by atoms with E-state index in [0.29, 0.717) is 30.4 Å². The van der Waals surface area contributed by atoms with E-state index >= 15 is 0 Å². The predicted octanol–water partition coefficient (Wildman–Crippen LogP) is 1.54. The average molecular weight is 264 g/mol. The van der Waals surface area contributed by atoms with Gasteiger partial charge in [-0.25, -0.2) is 4.79 Å². The molecule has 2 rings (SSSR count). The molecule has 0 aromatic heterocycles. The summed E-state index contributed by atoms with van der Waals surface area (Å²) in [6.07, 6.45) is 0. The molecule has 0 saturated carbocycles. The molecule has 0 aliphatic carbocycles. The maximum Gasteiger partial charge on any atom is 0.329 e. The second-order valence-electron chi connectivity index (χ2n) is 3.94. The zero-order chi connectivity index (χ0) is 13.8. The van der Waals surface area contributed by atoms with Gasteiger partial charge in [-0.3, -0.25) is 15.0 Å². The van der Waals surface area contributed by atoms with Crippen LogP contribution in [0.15, 0.2) is 18.2 Å². The fourth-order valence-electron chi connectivity index (χ4n) is 1.88. The van der Waals surface area contributed by atoms with Crippen molar-refractivity contribution in [3.63, 3.8) is 0 Å². The Morgan fingerprint density at radius 2 is 1.95 bits per heavy atom. The summed E-state index contributed by atoms with van der Waals surface area (Å²) in [6, 6.07) is 4.76. The van der Waals surface area contributed by atoms with Crippen LogP contribution in [0.3, 0.4) is 0 Å². The van der Waals surface area contributed by atoms with Gasteiger partial charge in [-0.2, -0.15) is 0 Å². The third-order valence-corrected chi connectivity index (χ3v) is 2.63. The van der Waals surface area contributed by atoms with Crippen molar-refractivity contribution >= 4 is 17.6 Å².